The minimum absolute atomic E-state index is 0.0726. The van der Waals surface area contributed by atoms with E-state index in [0.717, 1.165) is 37.0 Å². The second kappa shape index (κ2) is 8.80. The van der Waals surface area contributed by atoms with Crippen LogP contribution in [0.5, 0.6) is 0 Å². The minimum atomic E-state index is 0.0726. The van der Waals surface area contributed by atoms with Crippen LogP contribution in [0.3, 0.4) is 0 Å². The summed E-state index contributed by atoms with van der Waals surface area (Å²) in [5.41, 5.74) is 2.25. The van der Waals surface area contributed by atoms with Crippen LogP contribution in [0.1, 0.15) is 30.4 Å². The first kappa shape index (κ1) is 16.0. The van der Waals surface area contributed by atoms with Crippen LogP contribution in [0.25, 0.3) is 0 Å². The SMILES string of the molecule is Cc1ccccc1CC(=O)NCCCOC[C@H]1CCCO1. The molecule has 0 saturated carbocycles. The highest BCUT2D eigenvalue weighted by Crippen LogP contribution is 2.11. The maximum atomic E-state index is 11.8. The maximum absolute atomic E-state index is 11.8. The zero-order valence-corrected chi connectivity index (χ0v) is 12.8. The lowest BCUT2D eigenvalue weighted by Crippen LogP contribution is -2.27. The first-order valence-corrected chi connectivity index (χ1v) is 7.76. The molecule has 1 heterocycles. The molecule has 1 amide bonds. The number of amides is 1. The smallest absolute Gasteiger partial charge is 0.224 e. The quantitative estimate of drug-likeness (QED) is 0.747. The van der Waals surface area contributed by atoms with E-state index in [9.17, 15) is 4.79 Å². The Morgan fingerprint density at radius 1 is 1.43 bits per heavy atom. The van der Waals surface area contributed by atoms with Crippen molar-refractivity contribution in [3.63, 3.8) is 0 Å². The van der Waals surface area contributed by atoms with Crippen molar-refractivity contribution in [3.05, 3.63) is 35.4 Å². The largest absolute Gasteiger partial charge is 0.379 e. The molecule has 1 aromatic carbocycles. The molecular weight excluding hydrogens is 266 g/mol. The highest BCUT2D eigenvalue weighted by molar-refractivity contribution is 5.78. The van der Waals surface area contributed by atoms with Gasteiger partial charge in [0.2, 0.25) is 5.91 Å². The average molecular weight is 291 g/mol. The van der Waals surface area contributed by atoms with Crippen molar-refractivity contribution >= 4 is 5.91 Å². The molecule has 1 saturated heterocycles. The molecule has 1 aromatic rings. The van der Waals surface area contributed by atoms with Gasteiger partial charge in [-0.25, -0.2) is 0 Å². The van der Waals surface area contributed by atoms with Crippen LogP contribution in [0.15, 0.2) is 24.3 Å². The Morgan fingerprint density at radius 3 is 3.05 bits per heavy atom. The summed E-state index contributed by atoms with van der Waals surface area (Å²) >= 11 is 0. The number of hydrogen-bond acceptors (Lipinski definition) is 3. The van der Waals surface area contributed by atoms with E-state index in [1.54, 1.807) is 0 Å². The molecule has 0 bridgehead atoms. The molecule has 1 atom stereocenters. The van der Waals surface area contributed by atoms with Crippen molar-refractivity contribution < 1.29 is 14.3 Å². The molecule has 0 unspecified atom stereocenters. The zero-order valence-electron chi connectivity index (χ0n) is 12.8. The van der Waals surface area contributed by atoms with E-state index in [0.29, 0.717) is 26.2 Å². The van der Waals surface area contributed by atoms with Gasteiger partial charge in [0.25, 0.3) is 0 Å². The summed E-state index contributed by atoms with van der Waals surface area (Å²) in [6, 6.07) is 7.98. The Kier molecular flexibility index (Phi) is 6.70. The second-order valence-corrected chi connectivity index (χ2v) is 5.52. The van der Waals surface area contributed by atoms with Crippen molar-refractivity contribution in [1.82, 2.24) is 5.32 Å². The topological polar surface area (TPSA) is 47.6 Å². The molecule has 0 aromatic heterocycles. The van der Waals surface area contributed by atoms with Gasteiger partial charge in [0.05, 0.1) is 19.1 Å². The third kappa shape index (κ3) is 5.86. The van der Waals surface area contributed by atoms with Crippen molar-refractivity contribution in [1.29, 1.82) is 0 Å². The van der Waals surface area contributed by atoms with Gasteiger partial charge in [-0.15, -0.1) is 0 Å². The summed E-state index contributed by atoms with van der Waals surface area (Å²) in [6.45, 7) is 4.91. The number of nitrogens with one attached hydrogen (secondary N) is 1. The Labute approximate surface area is 126 Å². The third-order valence-corrected chi connectivity index (χ3v) is 3.73. The Hall–Kier alpha value is -1.39. The van der Waals surface area contributed by atoms with Crippen molar-refractivity contribution in [2.45, 2.75) is 38.7 Å². The first-order valence-electron chi connectivity index (χ1n) is 7.76. The number of carbonyl (C=O) groups excluding carboxylic acids is 1. The van der Waals surface area contributed by atoms with Gasteiger partial charge in [-0.2, -0.15) is 0 Å². The molecule has 0 spiro atoms. The number of rotatable bonds is 8. The summed E-state index contributed by atoms with van der Waals surface area (Å²) in [7, 11) is 0. The Balaban J connectivity index is 1.52. The van der Waals surface area contributed by atoms with Crippen molar-refractivity contribution in [3.8, 4) is 0 Å². The zero-order chi connectivity index (χ0) is 14.9. The number of hydrogen-bond donors (Lipinski definition) is 1. The van der Waals surface area contributed by atoms with E-state index < -0.39 is 0 Å². The molecule has 4 nitrogen and oxygen atoms in total. The first-order chi connectivity index (χ1) is 10.3. The van der Waals surface area contributed by atoms with Crippen molar-refractivity contribution in [2.75, 3.05) is 26.4 Å². The second-order valence-electron chi connectivity index (χ2n) is 5.52. The normalized spacial score (nSPS) is 17.9. The Bertz CT molecular complexity index is 441. The van der Waals surface area contributed by atoms with E-state index in [1.807, 2.05) is 31.2 Å². The van der Waals surface area contributed by atoms with Crippen LogP contribution >= 0.6 is 0 Å². The van der Waals surface area contributed by atoms with E-state index in [4.69, 9.17) is 9.47 Å². The van der Waals surface area contributed by atoms with E-state index in [1.165, 1.54) is 0 Å². The lowest BCUT2D eigenvalue weighted by molar-refractivity contribution is -0.120. The monoisotopic (exact) mass is 291 g/mol. The van der Waals surface area contributed by atoms with Gasteiger partial charge in [-0.1, -0.05) is 24.3 Å². The third-order valence-electron chi connectivity index (χ3n) is 3.73. The molecule has 1 aliphatic heterocycles. The molecule has 116 valence electrons. The summed E-state index contributed by atoms with van der Waals surface area (Å²) < 4.78 is 11.0. The van der Waals surface area contributed by atoms with Crippen LogP contribution in [0.2, 0.25) is 0 Å². The van der Waals surface area contributed by atoms with Crippen LogP contribution in [-0.4, -0.2) is 38.4 Å². The molecule has 4 heteroatoms. The standard InChI is InChI=1S/C17H25NO3/c1-14-6-2-3-7-15(14)12-17(19)18-9-5-10-20-13-16-8-4-11-21-16/h2-3,6-7,16H,4-5,8-13H2,1H3,(H,18,19)/t16-/m1/s1. The fourth-order valence-electron chi connectivity index (χ4n) is 2.44. The predicted octanol–water partition coefficient (Wildman–Crippen LogP) is 2.24. The number of aryl methyl sites for hydroxylation is 1. The Morgan fingerprint density at radius 2 is 2.29 bits per heavy atom. The van der Waals surface area contributed by atoms with Crippen LogP contribution in [-0.2, 0) is 20.7 Å². The summed E-state index contributed by atoms with van der Waals surface area (Å²) in [5.74, 6) is 0.0726. The molecule has 1 N–H and O–H groups in total. The van der Waals surface area contributed by atoms with Gasteiger partial charge in [-0.05, 0) is 37.3 Å². The minimum Gasteiger partial charge on any atom is -0.379 e. The summed E-state index contributed by atoms with van der Waals surface area (Å²) in [6.07, 6.45) is 3.81. The number of benzene rings is 1. The fraction of sp³-hybridized carbons (Fsp3) is 0.588. The lowest BCUT2D eigenvalue weighted by atomic mass is 10.1. The molecule has 1 aliphatic rings. The fourth-order valence-corrected chi connectivity index (χ4v) is 2.44. The van der Waals surface area contributed by atoms with Crippen molar-refractivity contribution in [2.24, 2.45) is 0 Å². The van der Waals surface area contributed by atoms with Gasteiger partial charge >= 0.3 is 0 Å². The van der Waals surface area contributed by atoms with Crippen LogP contribution < -0.4 is 5.32 Å². The van der Waals surface area contributed by atoms with Gasteiger partial charge in [0.1, 0.15) is 0 Å². The highest BCUT2D eigenvalue weighted by atomic mass is 16.5. The molecule has 0 radical (unpaired) electrons. The average Bonchev–Trinajstić information content (AvgIpc) is 2.98. The van der Waals surface area contributed by atoms with Crippen LogP contribution in [0.4, 0.5) is 0 Å². The number of carbonyl (C=O) groups is 1. The lowest BCUT2D eigenvalue weighted by Gasteiger charge is -2.10. The predicted molar refractivity (Wildman–Crippen MR) is 82.3 cm³/mol. The van der Waals surface area contributed by atoms with Crippen LogP contribution in [0, 0.1) is 6.92 Å². The highest BCUT2D eigenvalue weighted by Gasteiger charge is 2.14. The maximum Gasteiger partial charge on any atom is 0.224 e. The van der Waals surface area contributed by atoms with E-state index in [-0.39, 0.29) is 12.0 Å². The van der Waals surface area contributed by atoms with E-state index >= 15 is 0 Å². The van der Waals surface area contributed by atoms with Gasteiger partial charge in [0.15, 0.2) is 0 Å². The summed E-state index contributed by atoms with van der Waals surface area (Å²) in [5, 5.41) is 2.94. The summed E-state index contributed by atoms with van der Waals surface area (Å²) in [4.78, 5) is 11.8. The molecule has 21 heavy (non-hydrogen) atoms. The number of ether oxygens (including phenoxy) is 2. The van der Waals surface area contributed by atoms with Gasteiger partial charge < -0.3 is 14.8 Å². The molecule has 0 aliphatic carbocycles. The van der Waals surface area contributed by atoms with Gasteiger partial charge in [-0.3, -0.25) is 4.79 Å². The van der Waals surface area contributed by atoms with Gasteiger partial charge in [0, 0.05) is 19.8 Å². The molecular formula is C17H25NO3. The molecule has 2 rings (SSSR count). The molecule has 1 fully saturated rings. The van der Waals surface area contributed by atoms with E-state index in [2.05, 4.69) is 5.32 Å².